The molecule has 0 radical (unpaired) electrons. The molecule has 0 aromatic heterocycles. The highest BCUT2D eigenvalue weighted by molar-refractivity contribution is 6.41. The minimum atomic E-state index is -1.81. The second-order valence-electron chi connectivity index (χ2n) is 15.2. The quantitative estimate of drug-likeness (QED) is 0.0438. The number of phenols is 2. The van der Waals surface area contributed by atoms with Gasteiger partial charge in [0.1, 0.15) is 16.7 Å². The second-order valence-corrected chi connectivity index (χ2v) is 15.2. The van der Waals surface area contributed by atoms with Crippen molar-refractivity contribution in [2.24, 2.45) is 28.1 Å². The Balaban J connectivity index is 2.47. The van der Waals surface area contributed by atoms with E-state index in [4.69, 9.17) is 0 Å². The number of hydrogen-bond acceptors (Lipinski definition) is 8. The van der Waals surface area contributed by atoms with E-state index in [-0.39, 0.29) is 37.2 Å². The standard InChI is InChI=1S/C38H52O8/c1-21(2)11-12-25(23(5)6)19-37-20-26(18-29(41)36(9,10)46)35(7,8)38(34(37)45,16-15-22(3)4)33(44)30(32(37)43)31(42)24-13-14-27(39)28(40)17-24/h11,13-15,17,25-26,29,39-42,46H,5,12,16,18-20H2,1-4,6-10H3/t25-,26-,29+,37-,38+/m1/s1. The molecule has 2 bridgehead atoms. The third kappa shape index (κ3) is 6.39. The van der Waals surface area contributed by atoms with Crippen molar-refractivity contribution in [2.75, 3.05) is 0 Å². The minimum Gasteiger partial charge on any atom is -0.506 e. The van der Waals surface area contributed by atoms with E-state index in [1.165, 1.54) is 19.9 Å². The molecule has 2 aliphatic carbocycles. The minimum absolute atomic E-state index is 0.00906. The van der Waals surface area contributed by atoms with Crippen molar-refractivity contribution in [3.63, 3.8) is 0 Å². The van der Waals surface area contributed by atoms with Crippen LogP contribution < -0.4 is 0 Å². The summed E-state index contributed by atoms with van der Waals surface area (Å²) in [6.07, 6.45) is 3.14. The van der Waals surface area contributed by atoms with Gasteiger partial charge in [-0.2, -0.15) is 0 Å². The summed E-state index contributed by atoms with van der Waals surface area (Å²) in [6.45, 7) is 20.2. The van der Waals surface area contributed by atoms with E-state index in [2.05, 4.69) is 6.58 Å². The second kappa shape index (κ2) is 13.0. The number of ketones is 3. The molecule has 1 aromatic carbocycles. The van der Waals surface area contributed by atoms with Crippen LogP contribution in [0.1, 0.15) is 100.0 Å². The van der Waals surface area contributed by atoms with Gasteiger partial charge in [0.15, 0.2) is 28.8 Å². The summed E-state index contributed by atoms with van der Waals surface area (Å²) in [5.74, 6) is -4.66. The van der Waals surface area contributed by atoms with Gasteiger partial charge in [-0.3, -0.25) is 14.4 Å². The first kappa shape index (κ1) is 37.0. The molecule has 0 aliphatic heterocycles. The maximum atomic E-state index is 15.2. The van der Waals surface area contributed by atoms with Gasteiger partial charge in [-0.15, -0.1) is 0 Å². The lowest BCUT2D eigenvalue weighted by molar-refractivity contribution is -0.180. The van der Waals surface area contributed by atoms with Crippen molar-refractivity contribution in [1.29, 1.82) is 0 Å². The van der Waals surface area contributed by atoms with E-state index >= 15 is 4.79 Å². The van der Waals surface area contributed by atoms with Crippen LogP contribution in [0.5, 0.6) is 11.5 Å². The molecule has 2 aliphatic rings. The van der Waals surface area contributed by atoms with Crippen molar-refractivity contribution in [3.05, 3.63) is 64.8 Å². The molecule has 0 spiro atoms. The van der Waals surface area contributed by atoms with Crippen LogP contribution in [-0.2, 0) is 14.4 Å². The molecule has 8 nitrogen and oxygen atoms in total. The van der Waals surface area contributed by atoms with E-state index in [9.17, 15) is 35.1 Å². The summed E-state index contributed by atoms with van der Waals surface area (Å²) in [5.41, 5.74) is -4.07. The number of benzene rings is 1. The highest BCUT2D eigenvalue weighted by Gasteiger charge is 2.74. The van der Waals surface area contributed by atoms with Crippen LogP contribution in [0.3, 0.4) is 0 Å². The van der Waals surface area contributed by atoms with Crippen molar-refractivity contribution in [3.8, 4) is 11.5 Å². The van der Waals surface area contributed by atoms with E-state index in [1.807, 2.05) is 40.7 Å². The summed E-state index contributed by atoms with van der Waals surface area (Å²) in [6, 6.07) is 3.51. The first-order chi connectivity index (χ1) is 21.0. The van der Waals surface area contributed by atoms with E-state index < -0.39 is 74.0 Å². The van der Waals surface area contributed by atoms with Gasteiger partial charge in [0.2, 0.25) is 0 Å². The monoisotopic (exact) mass is 636 g/mol. The molecule has 0 amide bonds. The van der Waals surface area contributed by atoms with Gasteiger partial charge in [0.05, 0.1) is 17.1 Å². The van der Waals surface area contributed by atoms with Gasteiger partial charge in [-0.05, 0) is 116 Å². The number of hydrogen-bond donors (Lipinski definition) is 5. The lowest BCUT2D eigenvalue weighted by Crippen LogP contribution is -2.70. The number of carbonyl (C=O) groups excluding carboxylic acids is 3. The SMILES string of the molecule is C=C(C)[C@H](CC=C(C)C)C[C@@]12C[C@@H](C[C@H](O)C(C)(C)O)C(C)(C)[C@@](CC=C(C)C)(C(=O)C(=C(O)c3ccc(O)c(O)c3)C1=O)C2=O. The number of fused-ring (bicyclic) bond motifs is 2. The van der Waals surface area contributed by atoms with Gasteiger partial charge >= 0.3 is 0 Å². The summed E-state index contributed by atoms with van der Waals surface area (Å²) < 4.78 is 0. The van der Waals surface area contributed by atoms with Gasteiger partial charge in [0, 0.05) is 5.56 Å². The molecule has 252 valence electrons. The van der Waals surface area contributed by atoms with Gasteiger partial charge in [0.25, 0.3) is 0 Å². The molecule has 8 heteroatoms. The predicted octanol–water partition coefficient (Wildman–Crippen LogP) is 6.92. The molecule has 0 heterocycles. The number of aliphatic hydroxyl groups excluding tert-OH is 2. The molecule has 0 saturated heterocycles. The topological polar surface area (TPSA) is 152 Å². The van der Waals surface area contributed by atoms with Gasteiger partial charge < -0.3 is 25.5 Å². The maximum Gasteiger partial charge on any atom is 0.184 e. The third-order valence-corrected chi connectivity index (χ3v) is 10.5. The molecule has 5 atom stereocenters. The number of aliphatic hydroxyl groups is 3. The van der Waals surface area contributed by atoms with Crippen LogP contribution in [0.25, 0.3) is 5.76 Å². The largest absolute Gasteiger partial charge is 0.506 e. The summed E-state index contributed by atoms with van der Waals surface area (Å²) in [7, 11) is 0. The van der Waals surface area contributed by atoms with Crippen LogP contribution in [0.4, 0.5) is 0 Å². The highest BCUT2D eigenvalue weighted by Crippen LogP contribution is 2.66. The highest BCUT2D eigenvalue weighted by atomic mass is 16.3. The van der Waals surface area contributed by atoms with Crippen molar-refractivity contribution in [1.82, 2.24) is 0 Å². The van der Waals surface area contributed by atoms with Crippen LogP contribution >= 0.6 is 0 Å². The number of aromatic hydroxyl groups is 2. The fourth-order valence-electron chi connectivity index (χ4n) is 7.26. The van der Waals surface area contributed by atoms with Crippen LogP contribution in [0, 0.1) is 28.1 Å². The number of carbonyl (C=O) groups is 3. The molecule has 2 fully saturated rings. The molecule has 5 N–H and O–H groups in total. The number of Topliss-reactive ketones (excluding diaryl/α,β-unsaturated/α-hetero) is 3. The lowest BCUT2D eigenvalue weighted by atomic mass is 9.38. The Bertz CT molecular complexity index is 1510. The first-order valence-corrected chi connectivity index (χ1v) is 16.0. The Labute approximate surface area is 273 Å². The molecule has 3 rings (SSSR count). The molecule has 1 aromatic rings. The Morgan fingerprint density at radius 1 is 1.00 bits per heavy atom. The molecular formula is C38H52O8. The van der Waals surface area contributed by atoms with Crippen LogP contribution in [-0.4, -0.2) is 54.6 Å². The van der Waals surface area contributed by atoms with Crippen molar-refractivity contribution >= 4 is 23.1 Å². The summed E-state index contributed by atoms with van der Waals surface area (Å²) in [5, 5.41) is 53.6. The molecule has 46 heavy (non-hydrogen) atoms. The number of rotatable bonds is 11. The average Bonchev–Trinajstić information content (AvgIpc) is 2.93. The fourth-order valence-corrected chi connectivity index (χ4v) is 7.26. The zero-order chi connectivity index (χ0) is 35.2. The molecule has 0 unspecified atom stereocenters. The Kier molecular flexibility index (Phi) is 10.4. The average molecular weight is 637 g/mol. The molecule has 2 saturated carbocycles. The number of allylic oxidation sites excluding steroid dienone is 6. The maximum absolute atomic E-state index is 15.2. The normalized spacial score (nSPS) is 26.7. The van der Waals surface area contributed by atoms with Crippen molar-refractivity contribution < 1.29 is 39.9 Å². The first-order valence-electron chi connectivity index (χ1n) is 16.0. The van der Waals surface area contributed by atoms with Gasteiger partial charge in [-0.1, -0.05) is 49.3 Å². The fraction of sp³-hybridized carbons (Fsp3) is 0.553. The van der Waals surface area contributed by atoms with E-state index in [0.29, 0.717) is 6.42 Å². The van der Waals surface area contributed by atoms with Gasteiger partial charge in [-0.25, -0.2) is 0 Å². The van der Waals surface area contributed by atoms with E-state index in [1.54, 1.807) is 19.9 Å². The van der Waals surface area contributed by atoms with Crippen LogP contribution in [0.2, 0.25) is 0 Å². The summed E-state index contributed by atoms with van der Waals surface area (Å²) >= 11 is 0. The predicted molar refractivity (Wildman–Crippen MR) is 179 cm³/mol. The lowest BCUT2D eigenvalue weighted by Gasteiger charge is -2.61. The van der Waals surface area contributed by atoms with Crippen LogP contribution in [0.15, 0.2) is 59.2 Å². The molecular weight excluding hydrogens is 584 g/mol. The summed E-state index contributed by atoms with van der Waals surface area (Å²) in [4.78, 5) is 45.1. The Morgan fingerprint density at radius 3 is 2.09 bits per heavy atom. The third-order valence-electron chi connectivity index (χ3n) is 10.5. The Morgan fingerprint density at radius 2 is 1.59 bits per heavy atom. The zero-order valence-electron chi connectivity index (χ0n) is 28.8. The van der Waals surface area contributed by atoms with E-state index in [0.717, 1.165) is 28.9 Å². The van der Waals surface area contributed by atoms with Crippen molar-refractivity contribution in [2.45, 2.75) is 106 Å². The smallest absolute Gasteiger partial charge is 0.184 e. The Hall–Kier alpha value is -3.49. The number of phenolic OH excluding ortho intramolecular Hbond substituents is 2. The zero-order valence-corrected chi connectivity index (χ0v) is 28.8.